The van der Waals surface area contributed by atoms with Gasteiger partial charge in [-0.2, -0.15) is 0 Å². The predicted molar refractivity (Wildman–Crippen MR) is 210 cm³/mol. The van der Waals surface area contributed by atoms with E-state index in [0.717, 1.165) is 50.5 Å². The van der Waals surface area contributed by atoms with Gasteiger partial charge in [-0.25, -0.2) is 0 Å². The molecule has 236 valence electrons. The van der Waals surface area contributed by atoms with E-state index in [-0.39, 0.29) is 0 Å². The van der Waals surface area contributed by atoms with Crippen molar-refractivity contribution in [3.63, 3.8) is 0 Å². The second kappa shape index (κ2) is 12.8. The standard InChI is InChI=1S/C48H33NO/c1-2-12-34(13-3-1)38-17-10-18-42(32-38)49(40-28-24-36(25-29-40)44-22-11-16-35-14-4-6-19-43(35)44)41-30-26-37(27-31-41)45-20-7-8-21-46(45)48-33-39-15-5-9-23-47(39)50-48/h1-33H. The van der Waals surface area contributed by atoms with Crippen LogP contribution in [0.15, 0.2) is 205 Å². The summed E-state index contributed by atoms with van der Waals surface area (Å²) in [6.07, 6.45) is 0. The van der Waals surface area contributed by atoms with E-state index in [0.29, 0.717) is 0 Å². The fraction of sp³-hybridized carbons (Fsp3) is 0. The lowest BCUT2D eigenvalue weighted by atomic mass is 9.97. The van der Waals surface area contributed by atoms with Gasteiger partial charge in [0.2, 0.25) is 0 Å². The molecule has 0 N–H and O–H groups in total. The molecule has 0 fully saturated rings. The summed E-state index contributed by atoms with van der Waals surface area (Å²) < 4.78 is 6.30. The number of nitrogens with zero attached hydrogens (tertiary/aromatic N) is 1. The normalized spacial score (nSPS) is 11.2. The number of furan rings is 1. The lowest BCUT2D eigenvalue weighted by molar-refractivity contribution is 0.632. The molecule has 9 rings (SSSR count). The molecule has 1 aromatic heterocycles. The van der Waals surface area contributed by atoms with Crippen molar-refractivity contribution in [2.24, 2.45) is 0 Å². The molecule has 0 saturated carbocycles. The minimum Gasteiger partial charge on any atom is -0.456 e. The predicted octanol–water partition coefficient (Wildman–Crippen LogP) is 13.7. The number of fused-ring (bicyclic) bond motifs is 2. The molecule has 0 aliphatic carbocycles. The molecular formula is C48H33NO. The summed E-state index contributed by atoms with van der Waals surface area (Å²) >= 11 is 0. The highest BCUT2D eigenvalue weighted by Gasteiger charge is 2.16. The van der Waals surface area contributed by atoms with Gasteiger partial charge in [0, 0.05) is 28.0 Å². The van der Waals surface area contributed by atoms with Crippen LogP contribution in [0, 0.1) is 0 Å². The molecule has 0 saturated heterocycles. The van der Waals surface area contributed by atoms with Gasteiger partial charge in [0.05, 0.1) is 0 Å². The average molecular weight is 640 g/mol. The summed E-state index contributed by atoms with van der Waals surface area (Å²) in [5.74, 6) is 0.872. The summed E-state index contributed by atoms with van der Waals surface area (Å²) in [4.78, 5) is 2.34. The summed E-state index contributed by atoms with van der Waals surface area (Å²) in [6, 6.07) is 71.1. The highest BCUT2D eigenvalue weighted by atomic mass is 16.3. The van der Waals surface area contributed by atoms with Gasteiger partial charge in [-0.15, -0.1) is 0 Å². The maximum atomic E-state index is 6.30. The average Bonchev–Trinajstić information content (AvgIpc) is 3.63. The van der Waals surface area contributed by atoms with Crippen LogP contribution in [0.25, 0.3) is 66.4 Å². The fourth-order valence-electron chi connectivity index (χ4n) is 7.02. The van der Waals surface area contributed by atoms with E-state index in [9.17, 15) is 0 Å². The Kier molecular flexibility index (Phi) is 7.53. The molecule has 0 aliphatic rings. The number of hydrogen-bond donors (Lipinski definition) is 0. The molecule has 8 aromatic carbocycles. The van der Waals surface area contributed by atoms with Crippen molar-refractivity contribution < 1.29 is 4.42 Å². The Hall–Kier alpha value is -6.64. The quantitative estimate of drug-likeness (QED) is 0.173. The Morgan fingerprint density at radius 3 is 1.64 bits per heavy atom. The summed E-state index contributed by atoms with van der Waals surface area (Å²) in [5.41, 5.74) is 12.3. The van der Waals surface area contributed by atoms with Gasteiger partial charge in [0.15, 0.2) is 0 Å². The van der Waals surface area contributed by atoms with Crippen LogP contribution in [0.5, 0.6) is 0 Å². The van der Waals surface area contributed by atoms with E-state index < -0.39 is 0 Å². The van der Waals surface area contributed by atoms with E-state index in [4.69, 9.17) is 4.42 Å². The van der Waals surface area contributed by atoms with Crippen LogP contribution in [-0.2, 0) is 0 Å². The van der Waals surface area contributed by atoms with Crippen LogP contribution in [0.2, 0.25) is 0 Å². The molecule has 50 heavy (non-hydrogen) atoms. The number of anilines is 3. The molecule has 0 aliphatic heterocycles. The van der Waals surface area contributed by atoms with Gasteiger partial charge in [0.1, 0.15) is 11.3 Å². The van der Waals surface area contributed by atoms with Crippen molar-refractivity contribution >= 4 is 38.8 Å². The van der Waals surface area contributed by atoms with E-state index in [1.165, 1.54) is 33.0 Å². The molecule has 0 atom stereocenters. The fourth-order valence-corrected chi connectivity index (χ4v) is 7.02. The highest BCUT2D eigenvalue weighted by Crippen LogP contribution is 2.40. The van der Waals surface area contributed by atoms with Gasteiger partial charge in [-0.3, -0.25) is 0 Å². The molecule has 9 aromatic rings. The van der Waals surface area contributed by atoms with E-state index >= 15 is 0 Å². The molecule has 2 nitrogen and oxygen atoms in total. The third kappa shape index (κ3) is 5.53. The first kappa shape index (κ1) is 29.5. The minimum absolute atomic E-state index is 0.872. The van der Waals surface area contributed by atoms with Crippen LogP contribution in [0.4, 0.5) is 17.1 Å². The van der Waals surface area contributed by atoms with Crippen molar-refractivity contribution in [3.8, 4) is 44.7 Å². The number of benzene rings is 8. The van der Waals surface area contributed by atoms with Crippen molar-refractivity contribution in [2.45, 2.75) is 0 Å². The largest absolute Gasteiger partial charge is 0.456 e. The molecule has 0 unspecified atom stereocenters. The van der Waals surface area contributed by atoms with Crippen molar-refractivity contribution in [3.05, 3.63) is 200 Å². The Morgan fingerprint density at radius 1 is 0.320 bits per heavy atom. The number of rotatable bonds is 7. The SMILES string of the molecule is c1ccc(-c2cccc(N(c3ccc(-c4ccccc4-c4cc5ccccc5o4)cc3)c3ccc(-c4cccc5ccccc45)cc3)c2)cc1. The van der Waals surface area contributed by atoms with Crippen LogP contribution >= 0.6 is 0 Å². The van der Waals surface area contributed by atoms with Crippen molar-refractivity contribution in [2.75, 3.05) is 4.90 Å². The molecule has 1 heterocycles. The second-order valence-electron chi connectivity index (χ2n) is 12.6. The Bertz CT molecular complexity index is 2540. The van der Waals surface area contributed by atoms with Crippen LogP contribution in [0.1, 0.15) is 0 Å². The lowest BCUT2D eigenvalue weighted by Gasteiger charge is -2.26. The molecule has 2 heteroatoms. The maximum Gasteiger partial charge on any atom is 0.136 e. The third-order valence-corrected chi connectivity index (χ3v) is 9.49. The van der Waals surface area contributed by atoms with Gasteiger partial charge < -0.3 is 9.32 Å². The molecule has 0 spiro atoms. The summed E-state index contributed by atoms with van der Waals surface area (Å²) in [6.45, 7) is 0. The molecular weight excluding hydrogens is 607 g/mol. The van der Waals surface area contributed by atoms with Crippen molar-refractivity contribution in [1.29, 1.82) is 0 Å². The van der Waals surface area contributed by atoms with Gasteiger partial charge in [-0.05, 0) is 92.7 Å². The van der Waals surface area contributed by atoms with Gasteiger partial charge in [-0.1, -0.05) is 152 Å². The zero-order valence-corrected chi connectivity index (χ0v) is 27.4. The van der Waals surface area contributed by atoms with Gasteiger partial charge >= 0.3 is 0 Å². The Morgan fingerprint density at radius 2 is 0.880 bits per heavy atom. The van der Waals surface area contributed by atoms with E-state index in [1.54, 1.807) is 0 Å². The smallest absolute Gasteiger partial charge is 0.136 e. The van der Waals surface area contributed by atoms with E-state index in [2.05, 4.69) is 187 Å². The minimum atomic E-state index is 0.872. The van der Waals surface area contributed by atoms with E-state index in [1.807, 2.05) is 18.2 Å². The summed E-state index contributed by atoms with van der Waals surface area (Å²) in [7, 11) is 0. The van der Waals surface area contributed by atoms with Crippen molar-refractivity contribution in [1.82, 2.24) is 0 Å². The van der Waals surface area contributed by atoms with Gasteiger partial charge in [0.25, 0.3) is 0 Å². The monoisotopic (exact) mass is 639 g/mol. The van der Waals surface area contributed by atoms with Crippen LogP contribution in [0.3, 0.4) is 0 Å². The third-order valence-electron chi connectivity index (χ3n) is 9.49. The lowest BCUT2D eigenvalue weighted by Crippen LogP contribution is -2.10. The zero-order chi connectivity index (χ0) is 33.3. The first-order chi connectivity index (χ1) is 24.8. The number of para-hydroxylation sites is 1. The Balaban J connectivity index is 1.12. The molecule has 0 amide bonds. The highest BCUT2D eigenvalue weighted by molar-refractivity contribution is 5.97. The molecule has 0 bridgehead atoms. The molecule has 0 radical (unpaired) electrons. The zero-order valence-electron chi connectivity index (χ0n) is 27.4. The first-order valence-electron chi connectivity index (χ1n) is 17.0. The summed E-state index contributed by atoms with van der Waals surface area (Å²) in [5, 5.41) is 3.61. The maximum absolute atomic E-state index is 6.30. The first-order valence-corrected chi connectivity index (χ1v) is 17.0. The Labute approximate surface area is 292 Å². The van der Waals surface area contributed by atoms with Crippen LogP contribution < -0.4 is 4.90 Å². The second-order valence-corrected chi connectivity index (χ2v) is 12.6. The number of hydrogen-bond acceptors (Lipinski definition) is 2. The topological polar surface area (TPSA) is 16.4 Å². The van der Waals surface area contributed by atoms with Crippen LogP contribution in [-0.4, -0.2) is 0 Å².